The van der Waals surface area contributed by atoms with Gasteiger partial charge in [0.2, 0.25) is 17.7 Å². The Balaban J connectivity index is 0.557. The first-order chi connectivity index (χ1) is 44.7. The number of carbonyl (C=O) groups is 8. The molecule has 4 aromatic carbocycles. The summed E-state index contributed by atoms with van der Waals surface area (Å²) < 4.78 is 57.8. The van der Waals surface area contributed by atoms with Crippen LogP contribution in [0, 0.1) is 23.2 Å². The van der Waals surface area contributed by atoms with Gasteiger partial charge in [-0.1, -0.05) is 65.9 Å². The molecule has 4 unspecified atom stereocenters. The van der Waals surface area contributed by atoms with E-state index in [1.54, 1.807) is 64.3 Å². The number of halogens is 2. The van der Waals surface area contributed by atoms with Crippen molar-refractivity contribution in [3.05, 3.63) is 154 Å². The fourth-order valence-electron chi connectivity index (χ4n) is 12.1. The van der Waals surface area contributed by atoms with E-state index >= 15 is 0 Å². The number of ether oxygens (including phenoxy) is 5. The Kier molecular flexibility index (Phi) is 21.4. The fourth-order valence-corrected chi connectivity index (χ4v) is 12.1. The maximum atomic E-state index is 14.0. The molecule has 1 aliphatic carbocycles. The zero-order valence-electron chi connectivity index (χ0n) is 50.6. The first kappa shape index (κ1) is 66.5. The molecule has 0 saturated carbocycles. The minimum atomic E-state index is -3.20. The smallest absolute Gasteiger partial charge is 0.336 e. The van der Waals surface area contributed by atoms with Crippen LogP contribution in [0.3, 0.4) is 0 Å². The third-order valence-corrected chi connectivity index (χ3v) is 17.0. The van der Waals surface area contributed by atoms with Crippen LogP contribution < -0.4 is 26.8 Å². The number of aromatic carboxylic acids is 1. The number of alkyl halides is 2. The number of aromatic nitrogens is 3. The lowest BCUT2D eigenvalue weighted by Gasteiger charge is -2.35. The van der Waals surface area contributed by atoms with Gasteiger partial charge in [0.1, 0.15) is 35.0 Å². The number of allylic oxidation sites excluding steroid dienone is 3. The van der Waals surface area contributed by atoms with Gasteiger partial charge in [-0.25, -0.2) is 18.3 Å². The van der Waals surface area contributed by atoms with Crippen molar-refractivity contribution >= 4 is 46.9 Å². The van der Waals surface area contributed by atoms with Crippen molar-refractivity contribution in [3.8, 4) is 28.8 Å². The van der Waals surface area contributed by atoms with Gasteiger partial charge in [-0.15, -0.1) is 5.10 Å². The monoisotopic (exact) mass is 1280 g/mol. The molecule has 5 aliphatic rings. The van der Waals surface area contributed by atoms with Gasteiger partial charge in [0, 0.05) is 91.0 Å². The predicted octanol–water partition coefficient (Wildman–Crippen LogP) is 4.13. The van der Waals surface area contributed by atoms with Crippen LogP contribution in [0.15, 0.2) is 109 Å². The van der Waals surface area contributed by atoms with Gasteiger partial charge >= 0.3 is 5.97 Å². The number of Topliss-reactive ketones (excluding diaryl/α,β-unsaturated/α-hetero) is 2. The lowest BCUT2D eigenvalue weighted by Crippen LogP contribution is -2.46. The molecule has 0 radical (unpaired) electrons. The Morgan fingerprint density at radius 3 is 2.29 bits per heavy atom. The molecule has 7 atom stereocenters. The molecule has 5 aromatic rings. The molecule has 0 bridgehead atoms. The second kappa shape index (κ2) is 29.9. The van der Waals surface area contributed by atoms with Crippen molar-refractivity contribution in [2.75, 3.05) is 65.9 Å². The number of hydrogen-bond donors (Lipinski definition) is 6. The number of hydrogen-bond acceptors (Lipinski definition) is 19. The first-order valence-corrected chi connectivity index (χ1v) is 30.5. The van der Waals surface area contributed by atoms with Crippen LogP contribution in [0.1, 0.15) is 103 Å². The van der Waals surface area contributed by atoms with Crippen molar-refractivity contribution in [1.29, 1.82) is 5.26 Å². The highest BCUT2D eigenvalue weighted by atomic mass is 19.3. The summed E-state index contributed by atoms with van der Waals surface area (Å²) in [5.41, 5.74) is 17.9. The third kappa shape index (κ3) is 16.3. The van der Waals surface area contributed by atoms with Crippen LogP contribution in [-0.2, 0) is 62.6 Å². The Bertz CT molecular complexity index is 3780. The number of rotatable bonds is 30. The van der Waals surface area contributed by atoms with E-state index in [-0.39, 0.29) is 138 Å². The highest BCUT2D eigenvalue weighted by molar-refractivity contribution is 6.02. The van der Waals surface area contributed by atoms with Crippen molar-refractivity contribution in [1.82, 2.24) is 35.4 Å². The van der Waals surface area contributed by atoms with Crippen LogP contribution in [0.4, 0.5) is 8.78 Å². The maximum absolute atomic E-state index is 14.0. The third-order valence-electron chi connectivity index (χ3n) is 17.0. The number of phenolic OH excluding ortho intramolecular Hbond substituents is 1. The zero-order chi connectivity index (χ0) is 65.9. The molecule has 2 fully saturated rings. The normalized spacial score (nSPS) is 19.9. The summed E-state index contributed by atoms with van der Waals surface area (Å²) in [6, 6.07) is 19.0. The van der Waals surface area contributed by atoms with E-state index in [0.29, 0.717) is 52.5 Å². The van der Waals surface area contributed by atoms with Crippen molar-refractivity contribution < 1.29 is 81.0 Å². The largest absolute Gasteiger partial charge is 0.508 e. The number of phenols is 1. The molecule has 1 aromatic heterocycles. The zero-order valence-corrected chi connectivity index (χ0v) is 50.6. The van der Waals surface area contributed by atoms with Crippen LogP contribution >= 0.6 is 0 Å². The Morgan fingerprint density at radius 1 is 0.860 bits per heavy atom. The van der Waals surface area contributed by atoms with E-state index in [9.17, 15) is 62.6 Å². The minimum absolute atomic E-state index is 0.0463. The molecule has 5 heterocycles. The standard InChI is InChI=1S/C66H70F2N10O15/c67-66(68)31-44(32-69)78(37-66)64(86)54-27-43(63(85)73-54)28-59(82)76-33-41-2-1-3-42(51(41)35-76)34-77-36-55(74-75-77)38-4-6-39(7-5-38)61(83)53(71)15-14-52(70)56(81)16-18-89-20-22-91-24-25-92-23-21-90-19-17-72-62(84)40-8-11-47(50(26-40)65(87)88)60-48-12-9-45(79)29-57(48)93-58-30-46(80)10-13-49(58)60/h1-13,26,29-30,36,43-44,48,52-54,60,80H,14-25,27-28,31,33-35,37,70-71H2,(H,72,84)(H,73,85)(H,87,88)/t43-,44-,48?,52?,53?,54-,60?/m0/s1. The maximum Gasteiger partial charge on any atom is 0.336 e. The van der Waals surface area contributed by atoms with Gasteiger partial charge in [-0.05, 0) is 65.8 Å². The molecule has 93 heavy (non-hydrogen) atoms. The van der Waals surface area contributed by atoms with Crippen molar-refractivity contribution in [3.63, 3.8) is 0 Å². The van der Waals surface area contributed by atoms with Gasteiger partial charge in [0.05, 0.1) is 95.9 Å². The van der Waals surface area contributed by atoms with Gasteiger partial charge in [0.15, 0.2) is 17.3 Å². The summed E-state index contributed by atoms with van der Waals surface area (Å²) in [6.45, 7) is 2.04. The molecule has 2 saturated heterocycles. The second-order valence-corrected chi connectivity index (χ2v) is 23.4. The number of fused-ring (bicyclic) bond motifs is 3. The summed E-state index contributed by atoms with van der Waals surface area (Å²) in [4.78, 5) is 106. The number of carbonyl (C=O) groups excluding carboxylic acids is 7. The number of nitriles is 1. The van der Waals surface area contributed by atoms with Crippen LogP contribution in [0.2, 0.25) is 0 Å². The van der Waals surface area contributed by atoms with E-state index in [0.717, 1.165) is 21.6 Å². The van der Waals surface area contributed by atoms with Crippen LogP contribution in [0.5, 0.6) is 11.5 Å². The van der Waals surface area contributed by atoms with Gasteiger partial charge < -0.3 is 65.8 Å². The van der Waals surface area contributed by atoms with Gasteiger partial charge in [0.25, 0.3) is 11.8 Å². The molecule has 0 spiro atoms. The molecule has 4 amide bonds. The highest BCUT2D eigenvalue weighted by Gasteiger charge is 2.50. The number of amides is 4. The van der Waals surface area contributed by atoms with E-state index in [2.05, 4.69) is 20.9 Å². The molecular weight excluding hydrogens is 1210 g/mol. The molecule has 8 N–H and O–H groups in total. The Morgan fingerprint density at radius 2 is 1.56 bits per heavy atom. The number of nitrogens with one attached hydrogen (secondary N) is 2. The Labute approximate surface area is 532 Å². The SMILES string of the molecule is N#C[C@@H]1CC(F)(F)CN1C(=O)[C@@H]1C[C@@H](CC(=O)N2Cc3cccc(Cn4cc(-c5ccc(C(=O)C(N)CCC(N)C(=O)CCOCCOCCOCCOCCNC(=O)c6ccc(C7c8ccc(O)cc8OC8=CC(=O)C=CC87)c(C(=O)O)c6)cc5)nn4)c3C2)C(=O)N1. The topological polar surface area (TPSA) is 360 Å². The number of nitrogens with two attached hydrogens (primary N) is 2. The summed E-state index contributed by atoms with van der Waals surface area (Å²) in [6.07, 6.45) is 5.62. The van der Waals surface area contributed by atoms with Crippen LogP contribution in [0.25, 0.3) is 11.3 Å². The quantitative estimate of drug-likeness (QED) is 0.0278. The van der Waals surface area contributed by atoms with E-state index in [1.807, 2.05) is 18.2 Å². The van der Waals surface area contributed by atoms with Crippen molar-refractivity contribution in [2.24, 2.45) is 23.3 Å². The molecule has 25 nitrogen and oxygen atoms in total. The van der Waals surface area contributed by atoms with Crippen molar-refractivity contribution in [2.45, 2.75) is 94.2 Å². The van der Waals surface area contributed by atoms with Gasteiger partial charge in [-0.3, -0.25) is 33.6 Å². The minimum Gasteiger partial charge on any atom is -0.508 e. The summed E-state index contributed by atoms with van der Waals surface area (Å²) in [5.74, 6) is -8.69. The number of likely N-dealkylation sites (tertiary alicyclic amines) is 1. The molecular formula is C66H70F2N10O15. The second-order valence-electron chi connectivity index (χ2n) is 23.4. The molecule has 488 valence electrons. The summed E-state index contributed by atoms with van der Waals surface area (Å²) in [7, 11) is 0. The van der Waals surface area contributed by atoms with Gasteiger partial charge in [-0.2, -0.15) is 5.26 Å². The number of carboxylic acid groups (broad SMARTS) is 1. The molecule has 27 heteroatoms. The fraction of sp³-hybridized carbons (Fsp3) is 0.409. The van der Waals surface area contributed by atoms with E-state index in [4.69, 9.17) is 35.2 Å². The molecule has 10 rings (SSSR count). The van der Waals surface area contributed by atoms with E-state index < -0.39 is 84.5 Å². The highest BCUT2D eigenvalue weighted by Crippen LogP contribution is 2.49. The first-order valence-electron chi connectivity index (χ1n) is 30.5. The van der Waals surface area contributed by atoms with E-state index in [1.165, 1.54) is 36.4 Å². The predicted molar refractivity (Wildman–Crippen MR) is 325 cm³/mol. The average Bonchev–Trinajstić information content (AvgIpc) is 1.47. The lowest BCUT2D eigenvalue weighted by atomic mass is 9.74. The molecule has 4 aliphatic heterocycles. The average molecular weight is 1280 g/mol. The number of aromatic hydroxyl groups is 1. The number of benzene rings is 4. The summed E-state index contributed by atoms with van der Waals surface area (Å²) in [5, 5.41) is 43.6. The number of nitrogens with zero attached hydrogens (tertiary/aromatic N) is 6. The number of ketones is 3. The number of carboxylic acids is 1. The van der Waals surface area contributed by atoms with Crippen LogP contribution in [-0.4, -0.2) is 178 Å². The Hall–Kier alpha value is -9.43. The lowest BCUT2D eigenvalue weighted by molar-refractivity contribution is -0.135. The summed E-state index contributed by atoms with van der Waals surface area (Å²) >= 11 is 0.